The lowest BCUT2D eigenvalue weighted by Crippen LogP contribution is -2.43. The summed E-state index contributed by atoms with van der Waals surface area (Å²) in [6.45, 7) is 1.28. The summed E-state index contributed by atoms with van der Waals surface area (Å²) in [6.07, 6.45) is 1.25. The SMILES string of the molecule is O=C(Nc1ccc2c(c1)OCO2)C1CCN(C(=O)COc2ccc(Br)cc2)CC1. The van der Waals surface area contributed by atoms with E-state index in [1.54, 1.807) is 23.1 Å². The number of likely N-dealkylation sites (tertiary alicyclic amines) is 1. The van der Waals surface area contributed by atoms with Crippen LogP contribution in [0.25, 0.3) is 0 Å². The number of carbonyl (C=O) groups is 2. The van der Waals surface area contributed by atoms with Crippen LogP contribution >= 0.6 is 15.9 Å². The molecule has 1 saturated heterocycles. The summed E-state index contributed by atoms with van der Waals surface area (Å²) in [7, 11) is 0. The van der Waals surface area contributed by atoms with Gasteiger partial charge >= 0.3 is 0 Å². The smallest absolute Gasteiger partial charge is 0.260 e. The Morgan fingerprint density at radius 2 is 1.79 bits per heavy atom. The summed E-state index contributed by atoms with van der Waals surface area (Å²) >= 11 is 3.36. The number of hydrogen-bond acceptors (Lipinski definition) is 5. The summed E-state index contributed by atoms with van der Waals surface area (Å²) in [5, 5.41) is 2.93. The average molecular weight is 461 g/mol. The van der Waals surface area contributed by atoms with Gasteiger partial charge in [0.05, 0.1) is 0 Å². The average Bonchev–Trinajstić information content (AvgIpc) is 3.21. The number of amides is 2. The zero-order valence-corrected chi connectivity index (χ0v) is 17.3. The molecule has 2 amide bonds. The summed E-state index contributed by atoms with van der Waals surface area (Å²) in [6, 6.07) is 12.7. The van der Waals surface area contributed by atoms with Gasteiger partial charge in [0.1, 0.15) is 5.75 Å². The van der Waals surface area contributed by atoms with Gasteiger partial charge in [-0.15, -0.1) is 0 Å². The molecule has 0 bridgehead atoms. The standard InChI is InChI=1S/C21H21BrN2O5/c22-15-1-4-17(5-2-15)27-12-20(25)24-9-7-14(8-10-24)21(26)23-16-3-6-18-19(11-16)29-13-28-18/h1-6,11,14H,7-10,12-13H2,(H,23,26). The molecule has 0 aromatic heterocycles. The summed E-state index contributed by atoms with van der Waals surface area (Å²) in [5.41, 5.74) is 0.681. The maximum Gasteiger partial charge on any atom is 0.260 e. The predicted octanol–water partition coefficient (Wildman–Crippen LogP) is 3.43. The van der Waals surface area contributed by atoms with Crippen LogP contribution in [-0.4, -0.2) is 43.2 Å². The summed E-state index contributed by atoms with van der Waals surface area (Å²) in [5.74, 6) is 1.73. The molecular weight excluding hydrogens is 440 g/mol. The van der Waals surface area contributed by atoms with Crippen molar-refractivity contribution in [2.45, 2.75) is 12.8 Å². The van der Waals surface area contributed by atoms with Crippen LogP contribution in [0.2, 0.25) is 0 Å². The lowest BCUT2D eigenvalue weighted by atomic mass is 9.95. The minimum atomic E-state index is -0.128. The molecule has 2 heterocycles. The summed E-state index contributed by atoms with van der Waals surface area (Å²) < 4.78 is 17.1. The molecular formula is C21H21BrN2O5. The fourth-order valence-corrected chi connectivity index (χ4v) is 3.64. The normalized spacial score (nSPS) is 15.8. The quantitative estimate of drug-likeness (QED) is 0.739. The number of nitrogens with one attached hydrogen (secondary N) is 1. The van der Waals surface area contributed by atoms with Gasteiger partial charge in [0, 0.05) is 35.2 Å². The Bertz CT molecular complexity index is 894. The molecule has 0 aliphatic carbocycles. The molecule has 0 atom stereocenters. The molecule has 7 nitrogen and oxygen atoms in total. The van der Waals surface area contributed by atoms with E-state index in [0.717, 1.165) is 4.47 Å². The van der Waals surface area contributed by atoms with E-state index in [4.69, 9.17) is 14.2 Å². The van der Waals surface area contributed by atoms with Crippen LogP contribution in [0.4, 0.5) is 5.69 Å². The van der Waals surface area contributed by atoms with Crippen molar-refractivity contribution in [2.75, 3.05) is 31.8 Å². The second kappa shape index (κ2) is 8.73. The first-order valence-corrected chi connectivity index (χ1v) is 10.2. The fraction of sp³-hybridized carbons (Fsp3) is 0.333. The number of ether oxygens (including phenoxy) is 3. The lowest BCUT2D eigenvalue weighted by molar-refractivity contribution is -0.136. The third-order valence-electron chi connectivity index (χ3n) is 5.03. The Hall–Kier alpha value is -2.74. The number of carbonyl (C=O) groups excluding carboxylic acids is 2. The van der Waals surface area contributed by atoms with E-state index in [1.165, 1.54) is 0 Å². The first-order chi connectivity index (χ1) is 14.1. The highest BCUT2D eigenvalue weighted by Crippen LogP contribution is 2.34. The van der Waals surface area contributed by atoms with Gasteiger partial charge in [0.25, 0.3) is 5.91 Å². The molecule has 0 unspecified atom stereocenters. The minimum Gasteiger partial charge on any atom is -0.484 e. The number of rotatable bonds is 5. The van der Waals surface area contributed by atoms with Crippen molar-refractivity contribution in [3.05, 3.63) is 46.9 Å². The number of benzene rings is 2. The number of piperidine rings is 1. The number of anilines is 1. The Labute approximate surface area is 177 Å². The Kier molecular flexibility index (Phi) is 5.89. The van der Waals surface area contributed by atoms with Gasteiger partial charge in [-0.1, -0.05) is 15.9 Å². The van der Waals surface area contributed by atoms with E-state index in [9.17, 15) is 9.59 Å². The van der Waals surface area contributed by atoms with E-state index in [2.05, 4.69) is 21.2 Å². The topological polar surface area (TPSA) is 77.1 Å². The van der Waals surface area contributed by atoms with Crippen molar-refractivity contribution in [1.29, 1.82) is 0 Å². The molecule has 2 aromatic carbocycles. The molecule has 1 N–H and O–H groups in total. The van der Waals surface area contributed by atoms with Crippen molar-refractivity contribution in [3.8, 4) is 17.2 Å². The maximum atomic E-state index is 12.6. The lowest BCUT2D eigenvalue weighted by Gasteiger charge is -2.31. The Morgan fingerprint density at radius 3 is 2.55 bits per heavy atom. The Morgan fingerprint density at radius 1 is 1.07 bits per heavy atom. The molecule has 1 fully saturated rings. The van der Waals surface area contributed by atoms with Gasteiger partial charge in [-0.3, -0.25) is 9.59 Å². The molecule has 29 heavy (non-hydrogen) atoms. The molecule has 8 heteroatoms. The van der Waals surface area contributed by atoms with E-state index in [-0.39, 0.29) is 31.1 Å². The largest absolute Gasteiger partial charge is 0.484 e. The van der Waals surface area contributed by atoms with E-state index in [0.29, 0.717) is 48.9 Å². The van der Waals surface area contributed by atoms with Crippen LogP contribution in [0.3, 0.4) is 0 Å². The van der Waals surface area contributed by atoms with Gasteiger partial charge in [0.15, 0.2) is 18.1 Å². The van der Waals surface area contributed by atoms with Crippen LogP contribution in [0, 0.1) is 5.92 Å². The van der Waals surface area contributed by atoms with Crippen LogP contribution in [0.1, 0.15) is 12.8 Å². The third kappa shape index (κ3) is 4.82. The molecule has 2 aliphatic rings. The van der Waals surface area contributed by atoms with Crippen LogP contribution in [-0.2, 0) is 9.59 Å². The highest BCUT2D eigenvalue weighted by atomic mass is 79.9. The fourth-order valence-electron chi connectivity index (χ4n) is 3.38. The number of hydrogen-bond donors (Lipinski definition) is 1. The monoisotopic (exact) mass is 460 g/mol. The minimum absolute atomic E-state index is 0.00427. The van der Waals surface area contributed by atoms with E-state index in [1.807, 2.05) is 24.3 Å². The number of halogens is 1. The van der Waals surface area contributed by atoms with Crippen LogP contribution < -0.4 is 19.5 Å². The molecule has 152 valence electrons. The first kappa shape index (κ1) is 19.6. The molecule has 4 rings (SSSR count). The third-order valence-corrected chi connectivity index (χ3v) is 5.56. The highest BCUT2D eigenvalue weighted by Gasteiger charge is 2.28. The van der Waals surface area contributed by atoms with Gasteiger partial charge in [-0.2, -0.15) is 0 Å². The maximum absolute atomic E-state index is 12.6. The first-order valence-electron chi connectivity index (χ1n) is 9.45. The number of fused-ring (bicyclic) bond motifs is 1. The second-order valence-corrected chi connectivity index (χ2v) is 7.87. The predicted molar refractivity (Wildman–Crippen MR) is 110 cm³/mol. The zero-order chi connectivity index (χ0) is 20.2. The number of nitrogens with zero attached hydrogens (tertiary/aromatic N) is 1. The van der Waals surface area contributed by atoms with Crippen molar-refractivity contribution < 1.29 is 23.8 Å². The molecule has 0 radical (unpaired) electrons. The van der Waals surface area contributed by atoms with Gasteiger partial charge < -0.3 is 24.4 Å². The van der Waals surface area contributed by atoms with Crippen LogP contribution in [0.5, 0.6) is 17.2 Å². The van der Waals surface area contributed by atoms with Crippen molar-refractivity contribution in [3.63, 3.8) is 0 Å². The van der Waals surface area contributed by atoms with Crippen molar-refractivity contribution >= 4 is 33.4 Å². The summed E-state index contributed by atoms with van der Waals surface area (Å²) in [4.78, 5) is 26.7. The molecule has 2 aromatic rings. The van der Waals surface area contributed by atoms with E-state index >= 15 is 0 Å². The van der Waals surface area contributed by atoms with Gasteiger partial charge in [-0.25, -0.2) is 0 Å². The molecule has 0 saturated carbocycles. The molecule has 2 aliphatic heterocycles. The van der Waals surface area contributed by atoms with Gasteiger partial charge in [0.2, 0.25) is 12.7 Å². The zero-order valence-electron chi connectivity index (χ0n) is 15.7. The van der Waals surface area contributed by atoms with Crippen molar-refractivity contribution in [1.82, 2.24) is 4.90 Å². The highest BCUT2D eigenvalue weighted by molar-refractivity contribution is 9.10. The van der Waals surface area contributed by atoms with E-state index < -0.39 is 0 Å². The molecule has 0 spiro atoms. The Balaban J connectivity index is 1.23. The van der Waals surface area contributed by atoms with Gasteiger partial charge in [-0.05, 0) is 49.2 Å². The van der Waals surface area contributed by atoms with Crippen molar-refractivity contribution in [2.24, 2.45) is 5.92 Å². The van der Waals surface area contributed by atoms with Crippen LogP contribution in [0.15, 0.2) is 46.9 Å². The second-order valence-electron chi connectivity index (χ2n) is 6.95.